The van der Waals surface area contributed by atoms with Gasteiger partial charge in [-0.15, -0.1) is 0 Å². The summed E-state index contributed by atoms with van der Waals surface area (Å²) in [6.45, 7) is 6.86. The first-order chi connectivity index (χ1) is 15.0. The first kappa shape index (κ1) is 23.2. The molecule has 170 valence electrons. The molecule has 8 nitrogen and oxygen atoms in total. The van der Waals surface area contributed by atoms with Crippen LogP contribution >= 0.6 is 11.6 Å². The lowest BCUT2D eigenvalue weighted by Gasteiger charge is -2.37. The van der Waals surface area contributed by atoms with Crippen LogP contribution in [0.4, 0.5) is 5.69 Å². The number of ether oxygens (including phenoxy) is 1. The van der Waals surface area contributed by atoms with E-state index in [2.05, 4.69) is 20.1 Å². The lowest BCUT2D eigenvalue weighted by Crippen LogP contribution is -2.53. The average Bonchev–Trinajstić information content (AvgIpc) is 2.80. The number of amides is 1. The molecule has 0 bridgehead atoms. The smallest absolute Gasteiger partial charge is 0.309 e. The highest BCUT2D eigenvalue weighted by atomic mass is 35.5. The number of likely N-dealkylation sites (tertiary alicyclic amines) is 1. The SMILES string of the molecule is CCOC(=O)C1CCN(C(=NC)NCC(=O)N2CCN(c3ccc(Cl)cc3)CC2)CC1. The first-order valence-electron chi connectivity index (χ1n) is 10.9. The molecule has 31 heavy (non-hydrogen) atoms. The van der Waals surface area contributed by atoms with Gasteiger partial charge in [0, 0.05) is 57.0 Å². The number of carbonyl (C=O) groups excluding carboxylic acids is 2. The van der Waals surface area contributed by atoms with E-state index in [0.29, 0.717) is 25.7 Å². The van der Waals surface area contributed by atoms with Gasteiger partial charge in [0.1, 0.15) is 0 Å². The number of nitrogens with one attached hydrogen (secondary N) is 1. The fourth-order valence-electron chi connectivity index (χ4n) is 4.05. The Morgan fingerprint density at radius 1 is 1.06 bits per heavy atom. The third kappa shape index (κ3) is 6.26. The summed E-state index contributed by atoms with van der Waals surface area (Å²) in [5.41, 5.74) is 1.13. The van der Waals surface area contributed by atoms with Gasteiger partial charge in [-0.2, -0.15) is 0 Å². The molecule has 1 amide bonds. The number of guanidine groups is 1. The Labute approximate surface area is 189 Å². The van der Waals surface area contributed by atoms with Crippen LogP contribution in [-0.4, -0.2) is 87.1 Å². The molecule has 0 aromatic heterocycles. The van der Waals surface area contributed by atoms with Crippen molar-refractivity contribution in [3.63, 3.8) is 0 Å². The van der Waals surface area contributed by atoms with Crippen LogP contribution < -0.4 is 10.2 Å². The van der Waals surface area contributed by atoms with Gasteiger partial charge in [0.05, 0.1) is 19.1 Å². The number of halogens is 1. The molecule has 0 atom stereocenters. The van der Waals surface area contributed by atoms with Gasteiger partial charge < -0.3 is 24.8 Å². The van der Waals surface area contributed by atoms with E-state index >= 15 is 0 Å². The molecule has 0 radical (unpaired) electrons. The van der Waals surface area contributed by atoms with Crippen LogP contribution in [0.15, 0.2) is 29.3 Å². The third-order valence-electron chi connectivity index (χ3n) is 5.85. The number of esters is 1. The molecule has 2 fully saturated rings. The zero-order valence-electron chi connectivity index (χ0n) is 18.3. The second-order valence-corrected chi connectivity index (χ2v) is 8.19. The molecule has 0 unspecified atom stereocenters. The van der Waals surface area contributed by atoms with Crippen LogP contribution in [-0.2, 0) is 14.3 Å². The summed E-state index contributed by atoms with van der Waals surface area (Å²) in [5, 5.41) is 3.92. The van der Waals surface area contributed by atoms with Crippen molar-refractivity contribution in [2.45, 2.75) is 19.8 Å². The van der Waals surface area contributed by atoms with E-state index in [-0.39, 0.29) is 24.3 Å². The van der Waals surface area contributed by atoms with Gasteiger partial charge in [-0.1, -0.05) is 11.6 Å². The maximum absolute atomic E-state index is 12.7. The average molecular weight is 450 g/mol. The summed E-state index contributed by atoms with van der Waals surface area (Å²) < 4.78 is 5.13. The number of benzene rings is 1. The van der Waals surface area contributed by atoms with Crippen LogP contribution in [0, 0.1) is 5.92 Å². The molecule has 2 aliphatic heterocycles. The number of hydrogen-bond donors (Lipinski definition) is 1. The van der Waals surface area contributed by atoms with Crippen LogP contribution in [0.2, 0.25) is 5.02 Å². The van der Waals surface area contributed by atoms with Gasteiger partial charge in [0.2, 0.25) is 5.91 Å². The van der Waals surface area contributed by atoms with Crippen molar-refractivity contribution >= 4 is 35.1 Å². The zero-order valence-corrected chi connectivity index (χ0v) is 19.1. The maximum atomic E-state index is 12.7. The predicted octanol–water partition coefficient (Wildman–Crippen LogP) is 1.84. The summed E-state index contributed by atoms with van der Waals surface area (Å²) in [4.78, 5) is 35.2. The van der Waals surface area contributed by atoms with Crippen molar-refractivity contribution in [2.75, 3.05) is 64.4 Å². The molecule has 0 aliphatic carbocycles. The Bertz CT molecular complexity index is 770. The quantitative estimate of drug-likeness (QED) is 0.420. The fraction of sp³-hybridized carbons (Fsp3) is 0.591. The number of carbonyl (C=O) groups is 2. The Morgan fingerprint density at radius 2 is 1.71 bits per heavy atom. The van der Waals surface area contributed by atoms with Gasteiger partial charge >= 0.3 is 5.97 Å². The van der Waals surface area contributed by atoms with Gasteiger partial charge in [-0.05, 0) is 44.0 Å². The summed E-state index contributed by atoms with van der Waals surface area (Å²) in [6, 6.07) is 7.80. The standard InChI is InChI=1S/C22H32ClN5O3/c1-3-31-21(30)17-8-10-28(11-9-17)22(24-2)25-16-20(29)27-14-12-26(13-15-27)19-6-4-18(23)5-7-19/h4-7,17H,3,8-16H2,1-2H3,(H,24,25). The van der Waals surface area contributed by atoms with Gasteiger partial charge in [0.25, 0.3) is 0 Å². The largest absolute Gasteiger partial charge is 0.466 e. The van der Waals surface area contributed by atoms with Crippen LogP contribution in [0.5, 0.6) is 0 Å². The second kappa shape index (κ2) is 11.2. The second-order valence-electron chi connectivity index (χ2n) is 7.76. The number of hydrogen-bond acceptors (Lipinski definition) is 5. The zero-order chi connectivity index (χ0) is 22.2. The Hall–Kier alpha value is -2.48. The molecule has 1 aromatic carbocycles. The topological polar surface area (TPSA) is 77.5 Å². The van der Waals surface area contributed by atoms with Gasteiger partial charge in [-0.25, -0.2) is 0 Å². The molecule has 0 saturated carbocycles. The monoisotopic (exact) mass is 449 g/mol. The summed E-state index contributed by atoms with van der Waals surface area (Å²) >= 11 is 5.97. The number of nitrogens with zero attached hydrogens (tertiary/aromatic N) is 4. The fourth-order valence-corrected chi connectivity index (χ4v) is 4.18. The van der Waals surface area contributed by atoms with E-state index in [1.54, 1.807) is 7.05 Å². The molecule has 9 heteroatoms. The Balaban J connectivity index is 1.41. The van der Waals surface area contributed by atoms with E-state index < -0.39 is 0 Å². The summed E-state index contributed by atoms with van der Waals surface area (Å²) in [6.07, 6.45) is 1.47. The molecular formula is C22H32ClN5O3. The molecule has 1 aromatic rings. The van der Waals surface area contributed by atoms with Crippen molar-refractivity contribution in [3.8, 4) is 0 Å². The van der Waals surface area contributed by atoms with Crippen LogP contribution in [0.3, 0.4) is 0 Å². The summed E-state index contributed by atoms with van der Waals surface area (Å²) in [5.74, 6) is 0.611. The van der Waals surface area contributed by atoms with E-state index in [9.17, 15) is 9.59 Å². The lowest BCUT2D eigenvalue weighted by molar-refractivity contribution is -0.149. The van der Waals surface area contributed by atoms with Crippen molar-refractivity contribution in [2.24, 2.45) is 10.9 Å². The number of anilines is 1. The normalized spacial score (nSPS) is 18.2. The summed E-state index contributed by atoms with van der Waals surface area (Å²) in [7, 11) is 1.72. The van der Waals surface area contributed by atoms with Gasteiger partial charge in [0.15, 0.2) is 5.96 Å². The molecule has 2 saturated heterocycles. The van der Waals surface area contributed by atoms with E-state index in [1.165, 1.54) is 0 Å². The first-order valence-corrected chi connectivity index (χ1v) is 11.3. The molecule has 2 heterocycles. The van der Waals surface area contributed by atoms with Crippen molar-refractivity contribution in [3.05, 3.63) is 29.3 Å². The molecule has 2 aliphatic rings. The molecular weight excluding hydrogens is 418 g/mol. The highest BCUT2D eigenvalue weighted by Gasteiger charge is 2.28. The van der Waals surface area contributed by atoms with Gasteiger partial charge in [-0.3, -0.25) is 14.6 Å². The molecule has 1 N–H and O–H groups in total. The third-order valence-corrected chi connectivity index (χ3v) is 6.10. The predicted molar refractivity (Wildman–Crippen MR) is 123 cm³/mol. The number of rotatable bonds is 5. The molecule has 3 rings (SSSR count). The van der Waals surface area contributed by atoms with Crippen molar-refractivity contribution in [1.82, 2.24) is 15.1 Å². The number of aliphatic imine (C=N–C) groups is 1. The number of piperidine rings is 1. The maximum Gasteiger partial charge on any atom is 0.309 e. The minimum Gasteiger partial charge on any atom is -0.466 e. The van der Waals surface area contributed by atoms with Crippen LogP contribution in [0.25, 0.3) is 0 Å². The highest BCUT2D eigenvalue weighted by molar-refractivity contribution is 6.30. The molecule has 0 spiro atoms. The van der Waals surface area contributed by atoms with Crippen molar-refractivity contribution < 1.29 is 14.3 Å². The van der Waals surface area contributed by atoms with Crippen molar-refractivity contribution in [1.29, 1.82) is 0 Å². The number of piperazine rings is 1. The Morgan fingerprint density at radius 3 is 2.29 bits per heavy atom. The lowest BCUT2D eigenvalue weighted by atomic mass is 9.97. The van der Waals surface area contributed by atoms with E-state index in [4.69, 9.17) is 16.3 Å². The minimum atomic E-state index is -0.113. The van der Waals surface area contributed by atoms with E-state index in [1.807, 2.05) is 36.1 Å². The minimum absolute atomic E-state index is 0.0483. The van der Waals surface area contributed by atoms with E-state index in [0.717, 1.165) is 49.7 Å². The van der Waals surface area contributed by atoms with Crippen LogP contribution in [0.1, 0.15) is 19.8 Å². The highest BCUT2D eigenvalue weighted by Crippen LogP contribution is 2.20. The Kier molecular flexibility index (Phi) is 8.40.